The number of thioether (sulfide) groups is 1. The summed E-state index contributed by atoms with van der Waals surface area (Å²) in [6.45, 7) is 7.00. The molecule has 5 rings (SSSR count). The van der Waals surface area contributed by atoms with Crippen LogP contribution in [-0.2, 0) is 15.3 Å². The van der Waals surface area contributed by atoms with Gasteiger partial charge in [0.15, 0.2) is 27.4 Å². The zero-order valence-electron chi connectivity index (χ0n) is 26.1. The number of aryl methyl sites for hydroxylation is 1. The van der Waals surface area contributed by atoms with Crippen LogP contribution in [0.25, 0.3) is 6.08 Å². The third-order valence-electron chi connectivity index (χ3n) is 7.37. The fraction of sp³-hybridized carbons (Fsp3) is 0.278. The topological polar surface area (TPSA) is 102 Å². The van der Waals surface area contributed by atoms with E-state index in [9.17, 15) is 14.7 Å². The number of rotatable bonds is 15. The number of aromatic nitrogens is 2. The summed E-state index contributed by atoms with van der Waals surface area (Å²) in [7, 11) is 0. The normalized spacial score (nSPS) is 14.8. The van der Waals surface area contributed by atoms with Gasteiger partial charge >= 0.3 is 0 Å². The van der Waals surface area contributed by atoms with E-state index < -0.39 is 23.5 Å². The predicted octanol–water partition coefficient (Wildman–Crippen LogP) is 8.29. The molecule has 1 aliphatic rings. The number of amides is 1. The minimum absolute atomic E-state index is 0.0414. The first kappa shape index (κ1) is 33.0. The van der Waals surface area contributed by atoms with Gasteiger partial charge in [-0.15, -0.1) is 10.2 Å². The van der Waals surface area contributed by atoms with Gasteiger partial charge in [0.25, 0.3) is 5.91 Å². The quantitative estimate of drug-likeness (QED) is 0.0591. The molecule has 1 unspecified atom stereocenters. The van der Waals surface area contributed by atoms with E-state index in [0.29, 0.717) is 40.4 Å². The van der Waals surface area contributed by atoms with Crippen molar-refractivity contribution in [2.75, 3.05) is 18.1 Å². The monoisotopic (exact) mass is 655 g/mol. The van der Waals surface area contributed by atoms with Crippen LogP contribution in [0.3, 0.4) is 0 Å². The van der Waals surface area contributed by atoms with E-state index in [-0.39, 0.29) is 10.7 Å². The van der Waals surface area contributed by atoms with E-state index in [0.717, 1.165) is 30.4 Å². The second kappa shape index (κ2) is 15.7. The molecule has 10 heteroatoms. The molecule has 1 N–H and O–H groups in total. The number of unbranched alkanes of at least 4 members (excludes halogenated alkanes) is 2. The number of carbonyl (C=O) groups excluding carboxylic acids is 2. The lowest BCUT2D eigenvalue weighted by atomic mass is 9.95. The molecule has 1 aliphatic heterocycles. The molecule has 0 saturated heterocycles. The van der Waals surface area contributed by atoms with Crippen molar-refractivity contribution in [3.05, 3.63) is 112 Å². The molecule has 0 aliphatic carbocycles. The lowest BCUT2D eigenvalue weighted by molar-refractivity contribution is -0.117. The maximum Gasteiger partial charge on any atom is 0.296 e. The number of hydrogen-bond acceptors (Lipinski definition) is 9. The Balaban J connectivity index is 1.49. The highest BCUT2D eigenvalue weighted by Crippen LogP contribution is 2.45. The molecule has 46 heavy (non-hydrogen) atoms. The average molecular weight is 656 g/mol. The van der Waals surface area contributed by atoms with Crippen LogP contribution >= 0.6 is 23.1 Å². The van der Waals surface area contributed by atoms with Crippen LogP contribution in [-0.4, -0.2) is 40.2 Å². The van der Waals surface area contributed by atoms with E-state index in [1.165, 1.54) is 39.6 Å². The SMILES string of the molecule is CCCCCOc1ccc(C2C(C(=O)/C=C/c3ccccc3)=C(O)C(=O)N2c2nnc(SCc3ccc(C)cc3)s2)cc1OCC. The summed E-state index contributed by atoms with van der Waals surface area (Å²) < 4.78 is 12.6. The van der Waals surface area contributed by atoms with Crippen molar-refractivity contribution in [1.29, 1.82) is 0 Å². The Bertz CT molecular complexity index is 1720. The van der Waals surface area contributed by atoms with Crippen LogP contribution < -0.4 is 14.4 Å². The highest BCUT2D eigenvalue weighted by Gasteiger charge is 2.45. The summed E-state index contributed by atoms with van der Waals surface area (Å²) in [5.74, 6) is -0.0677. The molecule has 1 aromatic heterocycles. The number of anilines is 1. The lowest BCUT2D eigenvalue weighted by Gasteiger charge is -2.24. The first-order valence-corrected chi connectivity index (χ1v) is 17.1. The standard InChI is InChI=1S/C36H37N3O5S2/c1-4-6-10-21-44-29-20-18-27(22-30(29)43-5-2)32-31(28(40)19-17-25-11-8-7-9-12-25)33(41)34(42)39(32)35-37-38-36(46-35)45-23-26-15-13-24(3)14-16-26/h7-9,11-20,22,32,41H,4-6,10,21,23H2,1-3H3/b19-17+. The van der Waals surface area contributed by atoms with Gasteiger partial charge in [0, 0.05) is 5.75 Å². The summed E-state index contributed by atoms with van der Waals surface area (Å²) >= 11 is 2.75. The first-order chi connectivity index (χ1) is 22.4. The molecular formula is C36H37N3O5S2. The van der Waals surface area contributed by atoms with Crippen molar-refractivity contribution in [2.24, 2.45) is 0 Å². The maximum atomic E-state index is 13.7. The number of ketones is 1. The summed E-state index contributed by atoms with van der Waals surface area (Å²) in [4.78, 5) is 28.8. The van der Waals surface area contributed by atoms with Crippen molar-refractivity contribution in [3.63, 3.8) is 0 Å². The van der Waals surface area contributed by atoms with Gasteiger partial charge in [-0.25, -0.2) is 0 Å². The number of benzene rings is 3. The smallest absolute Gasteiger partial charge is 0.296 e. The minimum atomic E-state index is -0.961. The lowest BCUT2D eigenvalue weighted by Crippen LogP contribution is -2.31. The maximum absolute atomic E-state index is 13.7. The molecule has 0 spiro atoms. The van der Waals surface area contributed by atoms with Crippen molar-refractivity contribution < 1.29 is 24.2 Å². The number of aliphatic hydroxyl groups is 1. The molecule has 0 radical (unpaired) electrons. The van der Waals surface area contributed by atoms with E-state index in [1.54, 1.807) is 24.3 Å². The predicted molar refractivity (Wildman–Crippen MR) is 184 cm³/mol. The van der Waals surface area contributed by atoms with Gasteiger partial charge in [0.05, 0.1) is 24.8 Å². The van der Waals surface area contributed by atoms with Gasteiger partial charge in [-0.1, -0.05) is 115 Å². The molecular weight excluding hydrogens is 619 g/mol. The molecule has 0 bridgehead atoms. The minimum Gasteiger partial charge on any atom is -0.503 e. The van der Waals surface area contributed by atoms with Gasteiger partial charge in [-0.05, 0) is 55.2 Å². The van der Waals surface area contributed by atoms with Crippen LogP contribution in [0.5, 0.6) is 11.5 Å². The van der Waals surface area contributed by atoms with Gasteiger partial charge in [0.1, 0.15) is 0 Å². The Labute approximate surface area is 277 Å². The molecule has 238 valence electrons. The summed E-state index contributed by atoms with van der Waals surface area (Å²) in [6.07, 6.45) is 6.09. The Hall–Kier alpha value is -4.41. The van der Waals surface area contributed by atoms with Crippen LogP contribution in [0, 0.1) is 6.92 Å². The second-order valence-electron chi connectivity index (χ2n) is 10.8. The fourth-order valence-electron chi connectivity index (χ4n) is 5.00. The number of hydrogen-bond donors (Lipinski definition) is 1. The Morgan fingerprint density at radius 3 is 2.52 bits per heavy atom. The van der Waals surface area contributed by atoms with Crippen LogP contribution in [0.4, 0.5) is 5.13 Å². The summed E-state index contributed by atoms with van der Waals surface area (Å²) in [5, 5.41) is 20.1. The van der Waals surface area contributed by atoms with Crippen LogP contribution in [0.2, 0.25) is 0 Å². The average Bonchev–Trinajstić information content (AvgIpc) is 3.64. The molecule has 4 aromatic rings. The molecule has 3 aromatic carbocycles. The Kier molecular flexibility index (Phi) is 11.3. The number of nitrogens with zero attached hydrogens (tertiary/aromatic N) is 3. The molecule has 1 amide bonds. The molecule has 8 nitrogen and oxygen atoms in total. The van der Waals surface area contributed by atoms with E-state index in [1.807, 2.05) is 44.2 Å². The second-order valence-corrected chi connectivity index (χ2v) is 12.9. The Morgan fingerprint density at radius 2 is 1.78 bits per heavy atom. The highest BCUT2D eigenvalue weighted by atomic mass is 32.2. The largest absolute Gasteiger partial charge is 0.503 e. The number of ether oxygens (including phenoxy) is 2. The van der Waals surface area contributed by atoms with Crippen molar-refractivity contribution in [2.45, 2.75) is 56.2 Å². The first-order valence-electron chi connectivity index (χ1n) is 15.3. The zero-order valence-corrected chi connectivity index (χ0v) is 27.8. The van der Waals surface area contributed by atoms with Crippen molar-refractivity contribution in [3.8, 4) is 11.5 Å². The van der Waals surface area contributed by atoms with Gasteiger partial charge < -0.3 is 14.6 Å². The molecule has 1 atom stereocenters. The third kappa shape index (κ3) is 7.86. The number of aliphatic hydroxyl groups excluding tert-OH is 1. The highest BCUT2D eigenvalue weighted by molar-refractivity contribution is 8.00. The Morgan fingerprint density at radius 1 is 1.00 bits per heavy atom. The zero-order chi connectivity index (χ0) is 32.5. The van der Waals surface area contributed by atoms with Gasteiger partial charge in [0.2, 0.25) is 5.13 Å². The van der Waals surface area contributed by atoms with Gasteiger partial charge in [-0.2, -0.15) is 0 Å². The molecule has 2 heterocycles. The number of carbonyl (C=O) groups is 2. The number of allylic oxidation sites excluding steroid dienone is 1. The molecule has 0 saturated carbocycles. The summed E-state index contributed by atoms with van der Waals surface area (Å²) in [5.41, 5.74) is 3.67. The van der Waals surface area contributed by atoms with Crippen LogP contribution in [0.15, 0.2) is 94.5 Å². The van der Waals surface area contributed by atoms with E-state index >= 15 is 0 Å². The van der Waals surface area contributed by atoms with Crippen molar-refractivity contribution in [1.82, 2.24) is 10.2 Å². The third-order valence-corrected chi connectivity index (χ3v) is 9.50. The van der Waals surface area contributed by atoms with Crippen molar-refractivity contribution >= 4 is 46.0 Å². The van der Waals surface area contributed by atoms with Gasteiger partial charge in [-0.3, -0.25) is 14.5 Å². The fourth-order valence-corrected chi connectivity index (χ4v) is 6.82. The molecule has 0 fully saturated rings. The van der Waals surface area contributed by atoms with E-state index in [2.05, 4.69) is 41.4 Å². The van der Waals surface area contributed by atoms with E-state index in [4.69, 9.17) is 9.47 Å². The summed E-state index contributed by atoms with van der Waals surface area (Å²) in [6, 6.07) is 22.0. The van der Waals surface area contributed by atoms with Crippen LogP contribution in [0.1, 0.15) is 61.4 Å².